The fourth-order valence-electron chi connectivity index (χ4n) is 1.41. The Morgan fingerprint density at radius 1 is 1.50 bits per heavy atom. The van der Waals surface area contributed by atoms with Gasteiger partial charge in [0.05, 0.1) is 23.8 Å². The maximum absolute atomic E-state index is 10.5. The van der Waals surface area contributed by atoms with E-state index >= 15 is 0 Å². The van der Waals surface area contributed by atoms with Crippen LogP contribution in [0.4, 0.5) is 11.4 Å². The van der Waals surface area contributed by atoms with Crippen LogP contribution in [0.5, 0.6) is 0 Å². The van der Waals surface area contributed by atoms with Gasteiger partial charge in [0.2, 0.25) is 0 Å². The highest BCUT2D eigenvalue weighted by molar-refractivity contribution is 5.86. The Labute approximate surface area is 81.3 Å². The molecule has 0 bridgehead atoms. The van der Waals surface area contributed by atoms with Crippen LogP contribution < -0.4 is 5.32 Å². The van der Waals surface area contributed by atoms with Gasteiger partial charge in [-0.3, -0.25) is 9.79 Å². The van der Waals surface area contributed by atoms with E-state index in [1.165, 1.54) is 0 Å². The molecule has 4 heteroatoms. The van der Waals surface area contributed by atoms with Crippen molar-refractivity contribution in [3.05, 3.63) is 24.3 Å². The van der Waals surface area contributed by atoms with Crippen LogP contribution in [0.25, 0.3) is 0 Å². The maximum atomic E-state index is 10.5. The Morgan fingerprint density at radius 3 is 3.07 bits per heavy atom. The average molecular weight is 190 g/mol. The van der Waals surface area contributed by atoms with Crippen molar-refractivity contribution in [1.29, 1.82) is 0 Å². The van der Waals surface area contributed by atoms with Crippen molar-refractivity contribution in [2.75, 3.05) is 5.32 Å². The Bertz CT molecular complexity index is 387. The maximum Gasteiger partial charge on any atom is 0.305 e. The Morgan fingerprint density at radius 2 is 2.29 bits per heavy atom. The first-order valence-electron chi connectivity index (χ1n) is 4.37. The number of aliphatic imine (C=N–C) groups is 1. The van der Waals surface area contributed by atoms with Crippen LogP contribution in [0, 0.1) is 0 Å². The molecule has 1 heterocycles. The molecule has 2 N–H and O–H groups in total. The van der Waals surface area contributed by atoms with E-state index in [4.69, 9.17) is 5.11 Å². The van der Waals surface area contributed by atoms with Gasteiger partial charge in [-0.25, -0.2) is 0 Å². The van der Waals surface area contributed by atoms with Crippen LogP contribution in [0.15, 0.2) is 29.3 Å². The van der Waals surface area contributed by atoms with Crippen molar-refractivity contribution in [2.45, 2.75) is 12.5 Å². The molecule has 0 saturated heterocycles. The molecule has 1 aromatic rings. The normalized spacial score (nSPS) is 18.4. The number of hydrogen-bond acceptors (Lipinski definition) is 3. The predicted octanol–water partition coefficient (Wildman–Crippen LogP) is 1.66. The lowest BCUT2D eigenvalue weighted by Gasteiger charge is -2.19. The van der Waals surface area contributed by atoms with Gasteiger partial charge in [-0.05, 0) is 12.1 Å². The Hall–Kier alpha value is -1.84. The molecule has 4 nitrogen and oxygen atoms in total. The van der Waals surface area contributed by atoms with E-state index in [-0.39, 0.29) is 12.5 Å². The highest BCUT2D eigenvalue weighted by Crippen LogP contribution is 2.27. The van der Waals surface area contributed by atoms with Crippen LogP contribution in [0.3, 0.4) is 0 Å². The van der Waals surface area contributed by atoms with E-state index in [0.29, 0.717) is 0 Å². The van der Waals surface area contributed by atoms with Crippen molar-refractivity contribution in [2.24, 2.45) is 4.99 Å². The molecular formula is C10H10N2O2. The SMILES string of the molecule is O=C(O)CC1C=Nc2ccccc2N1. The van der Waals surface area contributed by atoms with Gasteiger partial charge in [-0.1, -0.05) is 12.1 Å². The fraction of sp³-hybridized carbons (Fsp3) is 0.200. The number of hydrogen-bond donors (Lipinski definition) is 2. The minimum atomic E-state index is -0.826. The van der Waals surface area contributed by atoms with Gasteiger partial charge in [0.1, 0.15) is 0 Å². The third-order valence-corrected chi connectivity index (χ3v) is 2.03. The van der Waals surface area contributed by atoms with Gasteiger partial charge in [-0.15, -0.1) is 0 Å². The lowest BCUT2D eigenvalue weighted by molar-refractivity contribution is -0.136. The van der Waals surface area contributed by atoms with Gasteiger partial charge in [-0.2, -0.15) is 0 Å². The van der Waals surface area contributed by atoms with Crippen LogP contribution in [-0.4, -0.2) is 23.3 Å². The number of rotatable bonds is 2. The lowest BCUT2D eigenvalue weighted by atomic mass is 10.1. The first-order valence-corrected chi connectivity index (χ1v) is 4.37. The molecule has 1 atom stereocenters. The number of carbonyl (C=O) groups is 1. The monoisotopic (exact) mass is 190 g/mol. The number of carboxylic acid groups (broad SMARTS) is 1. The zero-order valence-corrected chi connectivity index (χ0v) is 7.47. The van der Waals surface area contributed by atoms with Gasteiger partial charge in [0.25, 0.3) is 0 Å². The summed E-state index contributed by atoms with van der Waals surface area (Å²) in [5.41, 5.74) is 1.75. The summed E-state index contributed by atoms with van der Waals surface area (Å²) in [4.78, 5) is 14.7. The number of para-hydroxylation sites is 2. The second-order valence-electron chi connectivity index (χ2n) is 3.14. The van der Waals surface area contributed by atoms with E-state index in [0.717, 1.165) is 11.4 Å². The molecule has 1 aromatic carbocycles. The van der Waals surface area contributed by atoms with E-state index in [1.807, 2.05) is 24.3 Å². The molecule has 2 rings (SSSR count). The van der Waals surface area contributed by atoms with Gasteiger partial charge < -0.3 is 10.4 Å². The minimum Gasteiger partial charge on any atom is -0.481 e. The molecule has 0 amide bonds. The molecule has 0 fully saturated rings. The van der Waals surface area contributed by atoms with E-state index in [9.17, 15) is 4.79 Å². The van der Waals surface area contributed by atoms with E-state index in [1.54, 1.807) is 6.21 Å². The van der Waals surface area contributed by atoms with Crippen LogP contribution in [-0.2, 0) is 4.79 Å². The smallest absolute Gasteiger partial charge is 0.305 e. The molecule has 0 saturated carbocycles. The number of fused-ring (bicyclic) bond motifs is 1. The molecule has 0 aromatic heterocycles. The Kier molecular flexibility index (Phi) is 2.18. The van der Waals surface area contributed by atoms with Crippen molar-refractivity contribution in [3.63, 3.8) is 0 Å². The molecule has 1 unspecified atom stereocenters. The quantitative estimate of drug-likeness (QED) is 0.745. The van der Waals surface area contributed by atoms with Gasteiger partial charge in [0.15, 0.2) is 0 Å². The molecule has 72 valence electrons. The number of carboxylic acids is 1. The summed E-state index contributed by atoms with van der Waals surface area (Å²) in [7, 11) is 0. The molecule has 14 heavy (non-hydrogen) atoms. The number of aliphatic carboxylic acids is 1. The lowest BCUT2D eigenvalue weighted by Crippen LogP contribution is -2.26. The summed E-state index contributed by atoms with van der Waals surface area (Å²) >= 11 is 0. The van der Waals surface area contributed by atoms with Crippen LogP contribution in [0.1, 0.15) is 6.42 Å². The molecule has 0 spiro atoms. The summed E-state index contributed by atoms with van der Waals surface area (Å²) in [6.07, 6.45) is 1.69. The first-order chi connectivity index (χ1) is 6.75. The first kappa shape index (κ1) is 8.74. The summed E-state index contributed by atoms with van der Waals surface area (Å²) < 4.78 is 0. The fourth-order valence-corrected chi connectivity index (χ4v) is 1.41. The highest BCUT2D eigenvalue weighted by atomic mass is 16.4. The van der Waals surface area contributed by atoms with Crippen molar-refractivity contribution in [1.82, 2.24) is 0 Å². The largest absolute Gasteiger partial charge is 0.481 e. The van der Waals surface area contributed by atoms with Crippen LogP contribution in [0.2, 0.25) is 0 Å². The number of anilines is 1. The van der Waals surface area contributed by atoms with Gasteiger partial charge in [0, 0.05) is 6.21 Å². The minimum absolute atomic E-state index is 0.0534. The number of nitrogens with one attached hydrogen (secondary N) is 1. The second-order valence-corrected chi connectivity index (χ2v) is 3.14. The standard InChI is InChI=1S/C10H10N2O2/c13-10(14)5-7-6-11-8-3-1-2-4-9(8)12-7/h1-4,6-7,12H,5H2,(H,13,14). The Balaban J connectivity index is 2.17. The zero-order chi connectivity index (χ0) is 9.97. The van der Waals surface area contributed by atoms with E-state index < -0.39 is 5.97 Å². The number of benzene rings is 1. The molecule has 0 radical (unpaired) electrons. The molecule has 1 aliphatic heterocycles. The molecule has 0 aliphatic carbocycles. The molecular weight excluding hydrogens is 180 g/mol. The predicted molar refractivity (Wildman–Crippen MR) is 54.3 cm³/mol. The third-order valence-electron chi connectivity index (χ3n) is 2.03. The zero-order valence-electron chi connectivity index (χ0n) is 7.47. The summed E-state index contributed by atoms with van der Waals surface area (Å²) in [5.74, 6) is -0.826. The average Bonchev–Trinajstić information content (AvgIpc) is 2.17. The highest BCUT2D eigenvalue weighted by Gasteiger charge is 2.15. The van der Waals surface area contributed by atoms with Crippen molar-refractivity contribution in [3.8, 4) is 0 Å². The second kappa shape index (κ2) is 3.49. The molecule has 1 aliphatic rings. The van der Waals surface area contributed by atoms with Gasteiger partial charge >= 0.3 is 5.97 Å². The van der Waals surface area contributed by atoms with Crippen molar-refractivity contribution >= 4 is 23.6 Å². The van der Waals surface area contributed by atoms with Crippen LogP contribution >= 0.6 is 0 Å². The van der Waals surface area contributed by atoms with E-state index in [2.05, 4.69) is 10.3 Å². The summed E-state index contributed by atoms with van der Waals surface area (Å²) in [6, 6.07) is 7.36. The summed E-state index contributed by atoms with van der Waals surface area (Å²) in [5, 5.41) is 11.7. The van der Waals surface area contributed by atoms with Crippen molar-refractivity contribution < 1.29 is 9.90 Å². The third kappa shape index (κ3) is 1.74. The number of nitrogens with zero attached hydrogens (tertiary/aromatic N) is 1. The summed E-state index contributed by atoms with van der Waals surface area (Å²) in [6.45, 7) is 0. The topological polar surface area (TPSA) is 61.7 Å².